The molecule has 8 rings (SSSR count). The summed E-state index contributed by atoms with van der Waals surface area (Å²) in [6.45, 7) is 0. The molecule has 0 spiro atoms. The third kappa shape index (κ3) is 8.10. The Bertz CT molecular complexity index is 2500. The van der Waals surface area contributed by atoms with Crippen LogP contribution in [0.4, 0.5) is 0 Å². The van der Waals surface area contributed by atoms with Crippen molar-refractivity contribution in [3.05, 3.63) is 180 Å². The number of aromatic hydroxyl groups is 2. The zero-order valence-electron chi connectivity index (χ0n) is 31.9. The largest absolute Gasteiger partial charge is 0.504 e. The number of phenolic OH excluding ortho intramolecular Hbond substituents is 2. The average molecular weight is 769 g/mol. The molecular formula is C49H40N2O7. The van der Waals surface area contributed by atoms with Gasteiger partial charge in [-0.1, -0.05) is 84.9 Å². The van der Waals surface area contributed by atoms with Crippen LogP contribution in [-0.4, -0.2) is 40.2 Å². The molecule has 0 aliphatic heterocycles. The van der Waals surface area contributed by atoms with Crippen molar-refractivity contribution in [2.24, 2.45) is 0 Å². The molecule has 0 amide bonds. The first-order valence-corrected chi connectivity index (χ1v) is 18.9. The second-order valence-electron chi connectivity index (χ2n) is 13.9. The Kier molecular flexibility index (Phi) is 10.9. The quantitative estimate of drug-likeness (QED) is 0.111. The van der Waals surface area contributed by atoms with Gasteiger partial charge in [0.05, 0.1) is 25.3 Å². The van der Waals surface area contributed by atoms with Crippen molar-refractivity contribution in [2.75, 3.05) is 14.2 Å². The SMILES string of the molecule is COc1cc2c(Oc3ccc(CC(C(=O)C(Cc4ccc(Oc5ccnc6cc(O)c(OC)cc56)cc4)c4ccccc4)c4ccccc4)cc3)ccnc2cc1O. The third-order valence-electron chi connectivity index (χ3n) is 10.3. The topological polar surface area (TPSA) is 120 Å². The fourth-order valence-corrected chi connectivity index (χ4v) is 7.27. The standard InChI is InChI=1S/C49H40N2O7/c1-55-47-27-39-41(29-43(47)52)50-23-21-45(39)57-35-17-13-31(14-18-35)25-37(33-9-5-3-6-10-33)49(54)38(34-11-7-4-8-12-34)26-32-15-19-36(20-16-32)58-46-22-24-51-42-30-44(53)48(56-2)28-40(42)46/h3-24,27-30,37-38,52-53H,25-26H2,1-2H3. The Labute approximate surface area is 335 Å². The summed E-state index contributed by atoms with van der Waals surface area (Å²) in [5, 5.41) is 21.9. The van der Waals surface area contributed by atoms with E-state index in [9.17, 15) is 15.0 Å². The van der Waals surface area contributed by atoms with E-state index in [0.29, 0.717) is 69.1 Å². The minimum Gasteiger partial charge on any atom is -0.504 e. The van der Waals surface area contributed by atoms with Crippen molar-refractivity contribution < 1.29 is 34.0 Å². The Balaban J connectivity index is 1.04. The van der Waals surface area contributed by atoms with Gasteiger partial charge in [-0.15, -0.1) is 0 Å². The number of benzene rings is 6. The molecule has 9 nitrogen and oxygen atoms in total. The van der Waals surface area contributed by atoms with Gasteiger partial charge in [-0.2, -0.15) is 0 Å². The fourth-order valence-electron chi connectivity index (χ4n) is 7.27. The number of nitrogens with zero attached hydrogens (tertiary/aromatic N) is 2. The minimum absolute atomic E-state index is 0.00462. The highest BCUT2D eigenvalue weighted by atomic mass is 16.5. The minimum atomic E-state index is -0.415. The van der Waals surface area contributed by atoms with Crippen LogP contribution < -0.4 is 18.9 Å². The first-order chi connectivity index (χ1) is 28.4. The molecule has 0 aliphatic rings. The lowest BCUT2D eigenvalue weighted by atomic mass is 9.78. The zero-order valence-corrected chi connectivity index (χ0v) is 31.9. The Hall–Kier alpha value is -7.39. The molecule has 2 atom stereocenters. The third-order valence-corrected chi connectivity index (χ3v) is 10.3. The van der Waals surface area contributed by atoms with Gasteiger partial charge in [0.1, 0.15) is 28.8 Å². The molecule has 0 aliphatic carbocycles. The summed E-state index contributed by atoms with van der Waals surface area (Å²) >= 11 is 0. The number of pyridine rings is 2. The number of aromatic nitrogens is 2. The van der Waals surface area contributed by atoms with Crippen molar-refractivity contribution in [3.63, 3.8) is 0 Å². The number of methoxy groups -OCH3 is 2. The van der Waals surface area contributed by atoms with E-state index in [1.54, 1.807) is 48.8 Å². The van der Waals surface area contributed by atoms with Crippen LogP contribution in [0.25, 0.3) is 21.8 Å². The second kappa shape index (κ2) is 16.8. The number of fused-ring (bicyclic) bond motifs is 2. The van der Waals surface area contributed by atoms with Crippen molar-refractivity contribution in [2.45, 2.75) is 24.7 Å². The van der Waals surface area contributed by atoms with Gasteiger partial charge >= 0.3 is 0 Å². The lowest BCUT2D eigenvalue weighted by Crippen LogP contribution is -2.24. The van der Waals surface area contributed by atoms with Gasteiger partial charge in [-0.05, 0) is 83.6 Å². The lowest BCUT2D eigenvalue weighted by molar-refractivity contribution is -0.122. The summed E-state index contributed by atoms with van der Waals surface area (Å²) in [7, 11) is 3.00. The van der Waals surface area contributed by atoms with Gasteiger partial charge in [-0.25, -0.2) is 0 Å². The molecule has 0 saturated carbocycles. The summed E-state index contributed by atoms with van der Waals surface area (Å²) in [6.07, 6.45) is 4.26. The summed E-state index contributed by atoms with van der Waals surface area (Å²) in [5.74, 6) is 2.36. The summed E-state index contributed by atoms with van der Waals surface area (Å²) in [5.41, 5.74) is 5.05. The number of hydrogen-bond donors (Lipinski definition) is 2. The maximum absolute atomic E-state index is 15.0. The van der Waals surface area contributed by atoms with E-state index in [4.69, 9.17) is 18.9 Å². The molecule has 0 saturated heterocycles. The summed E-state index contributed by atoms with van der Waals surface area (Å²) in [6, 6.07) is 45.6. The summed E-state index contributed by atoms with van der Waals surface area (Å²) in [4.78, 5) is 23.7. The van der Waals surface area contributed by atoms with Crippen LogP contribution in [0.5, 0.6) is 46.0 Å². The van der Waals surface area contributed by atoms with Gasteiger partial charge in [0.15, 0.2) is 23.0 Å². The van der Waals surface area contributed by atoms with E-state index in [1.165, 1.54) is 14.2 Å². The van der Waals surface area contributed by atoms with E-state index in [0.717, 1.165) is 22.3 Å². The number of carbonyl (C=O) groups is 1. The number of phenols is 2. The highest BCUT2D eigenvalue weighted by Gasteiger charge is 2.30. The van der Waals surface area contributed by atoms with Crippen LogP contribution in [0, 0.1) is 0 Å². The van der Waals surface area contributed by atoms with Crippen LogP contribution in [-0.2, 0) is 17.6 Å². The Morgan fingerprint density at radius 2 is 0.914 bits per heavy atom. The maximum Gasteiger partial charge on any atom is 0.161 e. The van der Waals surface area contributed by atoms with E-state index in [-0.39, 0.29) is 17.3 Å². The van der Waals surface area contributed by atoms with E-state index in [1.807, 2.05) is 109 Å². The molecule has 2 N–H and O–H groups in total. The molecule has 0 bridgehead atoms. The summed E-state index contributed by atoms with van der Waals surface area (Å²) < 4.78 is 23.2. The van der Waals surface area contributed by atoms with Crippen LogP contribution in [0.3, 0.4) is 0 Å². The monoisotopic (exact) mass is 768 g/mol. The van der Waals surface area contributed by atoms with Crippen molar-refractivity contribution in [1.29, 1.82) is 0 Å². The maximum atomic E-state index is 15.0. The van der Waals surface area contributed by atoms with Crippen molar-refractivity contribution >= 4 is 27.6 Å². The number of Topliss-reactive ketones (excluding diaryl/α,β-unsaturated/α-hetero) is 1. The van der Waals surface area contributed by atoms with Crippen LogP contribution >= 0.6 is 0 Å². The van der Waals surface area contributed by atoms with Crippen LogP contribution in [0.1, 0.15) is 34.1 Å². The van der Waals surface area contributed by atoms with E-state index < -0.39 is 11.8 Å². The molecule has 2 aromatic heterocycles. The number of ether oxygens (including phenoxy) is 4. The molecule has 0 radical (unpaired) electrons. The smallest absolute Gasteiger partial charge is 0.161 e. The molecular weight excluding hydrogens is 729 g/mol. The molecule has 6 aromatic carbocycles. The van der Waals surface area contributed by atoms with Crippen molar-refractivity contribution in [1.82, 2.24) is 9.97 Å². The molecule has 2 heterocycles. The Morgan fingerprint density at radius 1 is 0.517 bits per heavy atom. The fraction of sp³-hybridized carbons (Fsp3) is 0.122. The van der Waals surface area contributed by atoms with Gasteiger partial charge in [0, 0.05) is 47.1 Å². The van der Waals surface area contributed by atoms with Crippen molar-refractivity contribution in [3.8, 4) is 46.0 Å². The van der Waals surface area contributed by atoms with Gasteiger partial charge in [-0.3, -0.25) is 14.8 Å². The highest BCUT2D eigenvalue weighted by molar-refractivity contribution is 5.92. The molecule has 2 unspecified atom stereocenters. The van der Waals surface area contributed by atoms with E-state index in [2.05, 4.69) is 9.97 Å². The second-order valence-corrected chi connectivity index (χ2v) is 13.9. The highest BCUT2D eigenvalue weighted by Crippen LogP contribution is 2.39. The van der Waals surface area contributed by atoms with Gasteiger partial charge in [0.25, 0.3) is 0 Å². The molecule has 9 heteroatoms. The molecule has 0 fully saturated rings. The van der Waals surface area contributed by atoms with Crippen LogP contribution in [0.15, 0.2) is 158 Å². The van der Waals surface area contributed by atoms with Crippen LogP contribution in [0.2, 0.25) is 0 Å². The van der Waals surface area contributed by atoms with Gasteiger partial charge in [0.2, 0.25) is 0 Å². The first kappa shape index (κ1) is 37.5. The molecule has 58 heavy (non-hydrogen) atoms. The first-order valence-electron chi connectivity index (χ1n) is 18.9. The Morgan fingerprint density at radius 3 is 1.29 bits per heavy atom. The predicted octanol–water partition coefficient (Wildman–Crippen LogP) is 10.7. The predicted molar refractivity (Wildman–Crippen MR) is 224 cm³/mol. The van der Waals surface area contributed by atoms with Gasteiger partial charge < -0.3 is 29.2 Å². The number of hydrogen-bond acceptors (Lipinski definition) is 9. The normalized spacial score (nSPS) is 12.2. The number of carbonyl (C=O) groups excluding carboxylic acids is 1. The van der Waals surface area contributed by atoms with E-state index >= 15 is 0 Å². The number of rotatable bonds is 14. The lowest BCUT2D eigenvalue weighted by Gasteiger charge is -2.24. The zero-order chi connectivity index (χ0) is 40.0. The molecule has 8 aromatic rings. The number of ketones is 1. The average Bonchev–Trinajstić information content (AvgIpc) is 3.26. The molecule has 288 valence electrons.